The predicted molar refractivity (Wildman–Crippen MR) is 135 cm³/mol. The molecular weight excluding hydrogens is 448 g/mol. The van der Waals surface area contributed by atoms with Gasteiger partial charge in [-0.3, -0.25) is 9.36 Å². The van der Waals surface area contributed by atoms with Gasteiger partial charge in [0.1, 0.15) is 28.7 Å². The van der Waals surface area contributed by atoms with Crippen LogP contribution in [-0.2, 0) is 16.7 Å². The molecule has 2 heterocycles. The normalized spacial score (nSPS) is 11.5. The van der Waals surface area contributed by atoms with Gasteiger partial charge in [-0.25, -0.2) is 9.78 Å². The second kappa shape index (κ2) is 9.81. The van der Waals surface area contributed by atoms with Crippen LogP contribution in [0.1, 0.15) is 47.1 Å². The molecule has 34 heavy (non-hydrogen) atoms. The summed E-state index contributed by atoms with van der Waals surface area (Å²) in [4.78, 5) is 31.2. The van der Waals surface area contributed by atoms with Crippen LogP contribution in [0.3, 0.4) is 0 Å². The Labute approximate surface area is 202 Å². The van der Waals surface area contributed by atoms with Crippen LogP contribution in [0.15, 0.2) is 65.7 Å². The number of rotatable bonds is 7. The topological polar surface area (TPSA) is 70.4 Å². The van der Waals surface area contributed by atoms with E-state index in [0.717, 1.165) is 11.3 Å². The summed E-state index contributed by atoms with van der Waals surface area (Å²) in [5.41, 5.74) is 2.77. The number of esters is 1. The summed E-state index contributed by atoms with van der Waals surface area (Å²) in [7, 11) is 0. The molecule has 6 nitrogen and oxygen atoms in total. The minimum atomic E-state index is -0.471. The summed E-state index contributed by atoms with van der Waals surface area (Å²) in [5, 5.41) is 0.464. The van der Waals surface area contributed by atoms with Gasteiger partial charge < -0.3 is 9.47 Å². The number of aryl methyl sites for hydroxylation is 1. The van der Waals surface area contributed by atoms with Crippen molar-refractivity contribution in [2.75, 3.05) is 13.2 Å². The fraction of sp³-hybridized carbons (Fsp3) is 0.296. The average Bonchev–Trinajstić information content (AvgIpc) is 3.16. The Kier molecular flexibility index (Phi) is 6.84. The van der Waals surface area contributed by atoms with E-state index in [4.69, 9.17) is 9.47 Å². The average molecular weight is 477 g/mol. The lowest BCUT2D eigenvalue weighted by atomic mass is 9.87. The highest BCUT2D eigenvalue weighted by molar-refractivity contribution is 7.20. The van der Waals surface area contributed by atoms with Crippen LogP contribution in [0.5, 0.6) is 5.75 Å². The molecule has 0 N–H and O–H groups in total. The molecule has 7 heteroatoms. The first kappa shape index (κ1) is 23.7. The fourth-order valence-electron chi connectivity index (χ4n) is 3.65. The molecule has 0 bridgehead atoms. The summed E-state index contributed by atoms with van der Waals surface area (Å²) in [6, 6.07) is 17.6. The quantitative estimate of drug-likeness (QED) is 0.266. The SMILES string of the molecule is Cc1c(C(=O)OCCOc2ccccc2)sc2ncn(Cc3ccc(C(C)(C)C)cc3)c(=O)c12. The summed E-state index contributed by atoms with van der Waals surface area (Å²) in [6.45, 7) is 9.05. The molecule has 0 saturated heterocycles. The number of benzene rings is 2. The zero-order valence-electron chi connectivity index (χ0n) is 19.8. The molecule has 0 aliphatic heterocycles. The number of para-hydroxylation sites is 1. The van der Waals surface area contributed by atoms with Crippen LogP contribution in [0.25, 0.3) is 10.2 Å². The van der Waals surface area contributed by atoms with E-state index in [9.17, 15) is 9.59 Å². The van der Waals surface area contributed by atoms with Gasteiger partial charge in [0.05, 0.1) is 18.3 Å². The van der Waals surface area contributed by atoms with Gasteiger partial charge in [-0.15, -0.1) is 11.3 Å². The Morgan fingerprint density at radius 1 is 1.03 bits per heavy atom. The first-order chi connectivity index (χ1) is 16.2. The van der Waals surface area contributed by atoms with E-state index in [2.05, 4.69) is 37.9 Å². The van der Waals surface area contributed by atoms with E-state index >= 15 is 0 Å². The molecule has 176 valence electrons. The van der Waals surface area contributed by atoms with Crippen molar-refractivity contribution < 1.29 is 14.3 Å². The van der Waals surface area contributed by atoms with Crippen LogP contribution in [0.2, 0.25) is 0 Å². The van der Waals surface area contributed by atoms with Crippen LogP contribution < -0.4 is 10.3 Å². The van der Waals surface area contributed by atoms with Gasteiger partial charge >= 0.3 is 5.97 Å². The van der Waals surface area contributed by atoms with Crippen molar-refractivity contribution >= 4 is 27.5 Å². The molecule has 0 aliphatic carbocycles. The van der Waals surface area contributed by atoms with Gasteiger partial charge in [-0.1, -0.05) is 63.2 Å². The van der Waals surface area contributed by atoms with Gasteiger partial charge in [-0.05, 0) is 41.2 Å². The molecule has 0 spiro atoms. The summed E-state index contributed by atoms with van der Waals surface area (Å²) >= 11 is 1.18. The van der Waals surface area contributed by atoms with Crippen molar-refractivity contribution in [1.29, 1.82) is 0 Å². The highest BCUT2D eigenvalue weighted by atomic mass is 32.1. The highest BCUT2D eigenvalue weighted by Crippen LogP contribution is 2.28. The smallest absolute Gasteiger partial charge is 0.348 e. The molecule has 0 amide bonds. The van der Waals surface area contributed by atoms with E-state index < -0.39 is 5.97 Å². The lowest BCUT2D eigenvalue weighted by molar-refractivity contribution is 0.0455. The molecular formula is C27H28N2O4S. The summed E-state index contributed by atoms with van der Waals surface area (Å²) in [5.74, 6) is 0.246. The molecule has 0 atom stereocenters. The van der Waals surface area contributed by atoms with Gasteiger partial charge in [0.25, 0.3) is 5.56 Å². The molecule has 4 rings (SSSR count). The van der Waals surface area contributed by atoms with Crippen molar-refractivity contribution in [3.63, 3.8) is 0 Å². The van der Waals surface area contributed by atoms with E-state index in [1.807, 2.05) is 42.5 Å². The highest BCUT2D eigenvalue weighted by Gasteiger charge is 2.21. The van der Waals surface area contributed by atoms with Crippen LogP contribution in [-0.4, -0.2) is 28.7 Å². The van der Waals surface area contributed by atoms with Crippen molar-refractivity contribution in [1.82, 2.24) is 9.55 Å². The third kappa shape index (κ3) is 5.20. The monoisotopic (exact) mass is 476 g/mol. The number of ether oxygens (including phenoxy) is 2. The molecule has 4 aromatic rings. The maximum atomic E-state index is 13.2. The van der Waals surface area contributed by atoms with E-state index in [0.29, 0.717) is 27.2 Å². The van der Waals surface area contributed by atoms with Crippen molar-refractivity contribution in [2.45, 2.75) is 39.7 Å². The molecule has 2 aromatic heterocycles. The Morgan fingerprint density at radius 2 is 1.74 bits per heavy atom. The second-order valence-electron chi connectivity index (χ2n) is 9.16. The van der Waals surface area contributed by atoms with Crippen molar-refractivity contribution in [2.24, 2.45) is 0 Å². The summed E-state index contributed by atoms with van der Waals surface area (Å²) in [6.07, 6.45) is 1.54. The van der Waals surface area contributed by atoms with E-state index in [1.165, 1.54) is 16.9 Å². The zero-order valence-corrected chi connectivity index (χ0v) is 20.6. The van der Waals surface area contributed by atoms with E-state index in [-0.39, 0.29) is 24.2 Å². The third-order valence-corrected chi connectivity index (χ3v) is 6.78. The summed E-state index contributed by atoms with van der Waals surface area (Å²) < 4.78 is 12.5. The Hall–Kier alpha value is -3.45. The maximum Gasteiger partial charge on any atom is 0.348 e. The maximum absolute atomic E-state index is 13.2. The fourth-order valence-corrected chi connectivity index (χ4v) is 4.68. The minimum Gasteiger partial charge on any atom is -0.490 e. The molecule has 0 fully saturated rings. The second-order valence-corrected chi connectivity index (χ2v) is 10.2. The lowest BCUT2D eigenvalue weighted by Crippen LogP contribution is -2.21. The van der Waals surface area contributed by atoms with Gasteiger partial charge in [0.2, 0.25) is 0 Å². The minimum absolute atomic E-state index is 0.0717. The standard InChI is InChI=1S/C27H28N2O4S/c1-18-22-24(34-23(18)26(31)33-15-14-32-21-8-6-5-7-9-21)28-17-29(25(22)30)16-19-10-12-20(13-11-19)27(2,3)4/h5-13,17H,14-16H2,1-4H3. The molecule has 0 saturated carbocycles. The number of aromatic nitrogens is 2. The first-order valence-corrected chi connectivity index (χ1v) is 12.0. The predicted octanol–water partition coefficient (Wildman–Crippen LogP) is 5.35. The molecule has 0 unspecified atom stereocenters. The van der Waals surface area contributed by atoms with Crippen LogP contribution >= 0.6 is 11.3 Å². The van der Waals surface area contributed by atoms with Crippen LogP contribution in [0.4, 0.5) is 0 Å². The number of carbonyl (C=O) groups excluding carboxylic acids is 1. The van der Waals surface area contributed by atoms with E-state index in [1.54, 1.807) is 17.8 Å². The Balaban J connectivity index is 1.47. The number of thiophene rings is 1. The van der Waals surface area contributed by atoms with Crippen molar-refractivity contribution in [3.05, 3.63) is 92.8 Å². The number of nitrogens with zero attached hydrogens (tertiary/aromatic N) is 2. The number of fused-ring (bicyclic) bond motifs is 1. The lowest BCUT2D eigenvalue weighted by Gasteiger charge is -2.19. The zero-order chi connectivity index (χ0) is 24.3. The Morgan fingerprint density at radius 3 is 2.41 bits per heavy atom. The molecule has 0 radical (unpaired) electrons. The molecule has 0 aliphatic rings. The number of carbonyl (C=O) groups is 1. The molecule has 2 aromatic carbocycles. The van der Waals surface area contributed by atoms with Crippen LogP contribution in [0, 0.1) is 6.92 Å². The van der Waals surface area contributed by atoms with Gasteiger partial charge in [0.15, 0.2) is 0 Å². The van der Waals surface area contributed by atoms with Crippen molar-refractivity contribution in [3.8, 4) is 5.75 Å². The first-order valence-electron chi connectivity index (χ1n) is 11.2. The number of hydrogen-bond acceptors (Lipinski definition) is 6. The largest absolute Gasteiger partial charge is 0.490 e. The number of hydrogen-bond donors (Lipinski definition) is 0. The van der Waals surface area contributed by atoms with Gasteiger partial charge in [-0.2, -0.15) is 0 Å². The van der Waals surface area contributed by atoms with Gasteiger partial charge in [0, 0.05) is 0 Å². The Bertz CT molecular complexity index is 1350. The third-order valence-electron chi connectivity index (χ3n) is 5.60.